The van der Waals surface area contributed by atoms with Crippen LogP contribution in [0.15, 0.2) is 0 Å². The first-order chi connectivity index (χ1) is 5.72. The standard InChI is InChI=1S/C7H17N.C3H9N/c1-4-5-6-7(2)8-3;1-2-3-4/h7-8H,4-6H2,1-3H3;2-4H2,1H3. The number of hydrogen-bond acceptors (Lipinski definition) is 2. The van der Waals surface area contributed by atoms with E-state index in [0.29, 0.717) is 6.04 Å². The SMILES string of the molecule is CCCCC(C)NC.CCCN. The van der Waals surface area contributed by atoms with Gasteiger partial charge >= 0.3 is 0 Å². The summed E-state index contributed by atoms with van der Waals surface area (Å²) in [5, 5.41) is 3.20. The second-order valence-electron chi connectivity index (χ2n) is 3.12. The summed E-state index contributed by atoms with van der Waals surface area (Å²) in [6.07, 6.45) is 5.07. The van der Waals surface area contributed by atoms with E-state index in [1.54, 1.807) is 0 Å². The molecule has 1 unspecified atom stereocenters. The van der Waals surface area contributed by atoms with Crippen LogP contribution in [0.5, 0.6) is 0 Å². The zero-order chi connectivity index (χ0) is 9.82. The quantitative estimate of drug-likeness (QED) is 0.670. The van der Waals surface area contributed by atoms with Crippen molar-refractivity contribution in [2.45, 2.75) is 52.5 Å². The third-order valence-corrected chi connectivity index (χ3v) is 1.77. The molecule has 0 heterocycles. The number of hydrogen-bond donors (Lipinski definition) is 2. The Morgan fingerprint density at radius 1 is 1.25 bits per heavy atom. The Morgan fingerprint density at radius 2 is 1.75 bits per heavy atom. The molecule has 0 saturated heterocycles. The van der Waals surface area contributed by atoms with E-state index in [4.69, 9.17) is 5.73 Å². The highest BCUT2D eigenvalue weighted by molar-refractivity contribution is 4.54. The second-order valence-corrected chi connectivity index (χ2v) is 3.12. The molecule has 0 aliphatic carbocycles. The monoisotopic (exact) mass is 174 g/mol. The first-order valence-electron chi connectivity index (χ1n) is 5.10. The molecule has 76 valence electrons. The first-order valence-corrected chi connectivity index (χ1v) is 5.10. The summed E-state index contributed by atoms with van der Waals surface area (Å²) >= 11 is 0. The van der Waals surface area contributed by atoms with Gasteiger partial charge in [-0.3, -0.25) is 0 Å². The summed E-state index contributed by atoms with van der Waals surface area (Å²) in [6, 6.07) is 0.704. The Labute approximate surface area is 77.9 Å². The van der Waals surface area contributed by atoms with E-state index in [1.807, 2.05) is 7.05 Å². The van der Waals surface area contributed by atoms with Crippen LogP contribution in [0.4, 0.5) is 0 Å². The summed E-state index contributed by atoms with van der Waals surface area (Å²) in [7, 11) is 2.01. The fraction of sp³-hybridized carbons (Fsp3) is 1.00. The number of nitrogens with two attached hydrogens (primary N) is 1. The minimum atomic E-state index is 0.704. The number of unbranched alkanes of at least 4 members (excludes halogenated alkanes) is 1. The number of rotatable bonds is 5. The van der Waals surface area contributed by atoms with Crippen molar-refractivity contribution in [3.05, 3.63) is 0 Å². The van der Waals surface area contributed by atoms with Crippen molar-refractivity contribution in [2.24, 2.45) is 5.73 Å². The predicted octanol–water partition coefficient (Wildman–Crippen LogP) is 2.14. The van der Waals surface area contributed by atoms with Gasteiger partial charge in [0.25, 0.3) is 0 Å². The highest BCUT2D eigenvalue weighted by Gasteiger charge is 1.93. The molecule has 3 N–H and O–H groups in total. The summed E-state index contributed by atoms with van der Waals surface area (Å²) < 4.78 is 0. The van der Waals surface area contributed by atoms with Crippen molar-refractivity contribution < 1.29 is 0 Å². The van der Waals surface area contributed by atoms with Crippen molar-refractivity contribution in [3.63, 3.8) is 0 Å². The lowest BCUT2D eigenvalue weighted by Crippen LogP contribution is -2.20. The molecule has 12 heavy (non-hydrogen) atoms. The Bertz CT molecular complexity index is 62.9. The van der Waals surface area contributed by atoms with Gasteiger partial charge in [-0.05, 0) is 33.4 Å². The third-order valence-electron chi connectivity index (χ3n) is 1.77. The number of nitrogens with one attached hydrogen (secondary N) is 1. The molecular formula is C10H26N2. The van der Waals surface area contributed by atoms with Gasteiger partial charge in [0.15, 0.2) is 0 Å². The van der Waals surface area contributed by atoms with Crippen LogP contribution >= 0.6 is 0 Å². The van der Waals surface area contributed by atoms with Crippen molar-refractivity contribution >= 4 is 0 Å². The van der Waals surface area contributed by atoms with Gasteiger partial charge in [-0.2, -0.15) is 0 Å². The van der Waals surface area contributed by atoms with Crippen LogP contribution in [0.1, 0.15) is 46.5 Å². The van der Waals surface area contributed by atoms with Gasteiger partial charge < -0.3 is 11.1 Å². The van der Waals surface area contributed by atoms with E-state index in [1.165, 1.54) is 19.3 Å². The molecule has 0 spiro atoms. The van der Waals surface area contributed by atoms with Gasteiger partial charge in [0.05, 0.1) is 0 Å². The van der Waals surface area contributed by atoms with Crippen LogP contribution in [-0.2, 0) is 0 Å². The molecule has 0 aliphatic heterocycles. The van der Waals surface area contributed by atoms with E-state index >= 15 is 0 Å². The van der Waals surface area contributed by atoms with Gasteiger partial charge in [0, 0.05) is 6.04 Å². The molecule has 0 rings (SSSR count). The molecule has 0 amide bonds. The maximum absolute atomic E-state index is 5.03. The van der Waals surface area contributed by atoms with Crippen LogP contribution in [0.2, 0.25) is 0 Å². The van der Waals surface area contributed by atoms with E-state index in [0.717, 1.165) is 13.0 Å². The van der Waals surface area contributed by atoms with Crippen LogP contribution in [-0.4, -0.2) is 19.6 Å². The highest BCUT2D eigenvalue weighted by atomic mass is 14.8. The van der Waals surface area contributed by atoms with Crippen LogP contribution in [0.3, 0.4) is 0 Å². The second kappa shape index (κ2) is 13.5. The molecule has 2 heteroatoms. The average Bonchev–Trinajstić information content (AvgIpc) is 2.14. The Balaban J connectivity index is 0. The fourth-order valence-electron chi connectivity index (χ4n) is 0.655. The third kappa shape index (κ3) is 16.5. The van der Waals surface area contributed by atoms with E-state index in [-0.39, 0.29) is 0 Å². The largest absolute Gasteiger partial charge is 0.330 e. The van der Waals surface area contributed by atoms with Crippen molar-refractivity contribution in [3.8, 4) is 0 Å². The first kappa shape index (κ1) is 14.4. The Hall–Kier alpha value is -0.0800. The molecule has 0 aromatic carbocycles. The normalized spacial score (nSPS) is 11.8. The molecule has 0 aromatic heterocycles. The zero-order valence-electron chi connectivity index (χ0n) is 9.19. The van der Waals surface area contributed by atoms with Crippen LogP contribution < -0.4 is 11.1 Å². The van der Waals surface area contributed by atoms with E-state index in [2.05, 4.69) is 26.1 Å². The summed E-state index contributed by atoms with van der Waals surface area (Å²) in [4.78, 5) is 0. The average molecular weight is 174 g/mol. The topological polar surface area (TPSA) is 38.0 Å². The summed E-state index contributed by atoms with van der Waals surface area (Å²) in [5.74, 6) is 0. The fourth-order valence-corrected chi connectivity index (χ4v) is 0.655. The lowest BCUT2D eigenvalue weighted by atomic mass is 10.1. The van der Waals surface area contributed by atoms with Crippen LogP contribution in [0, 0.1) is 0 Å². The lowest BCUT2D eigenvalue weighted by molar-refractivity contribution is 0.537. The Kier molecular flexibility index (Phi) is 16.3. The lowest BCUT2D eigenvalue weighted by Gasteiger charge is -2.06. The van der Waals surface area contributed by atoms with Crippen molar-refractivity contribution in [1.29, 1.82) is 0 Å². The molecule has 0 aliphatic rings. The molecule has 0 aromatic rings. The minimum absolute atomic E-state index is 0.704. The molecular weight excluding hydrogens is 148 g/mol. The van der Waals surface area contributed by atoms with Gasteiger partial charge in [0.2, 0.25) is 0 Å². The molecule has 0 radical (unpaired) electrons. The summed E-state index contributed by atoms with van der Waals surface area (Å²) in [5.41, 5.74) is 5.03. The Morgan fingerprint density at radius 3 is 2.00 bits per heavy atom. The van der Waals surface area contributed by atoms with Gasteiger partial charge in [-0.1, -0.05) is 26.7 Å². The zero-order valence-corrected chi connectivity index (χ0v) is 9.19. The van der Waals surface area contributed by atoms with Gasteiger partial charge in [-0.25, -0.2) is 0 Å². The smallest absolute Gasteiger partial charge is 0.00357 e. The van der Waals surface area contributed by atoms with Gasteiger partial charge in [0.1, 0.15) is 0 Å². The molecule has 2 nitrogen and oxygen atoms in total. The molecule has 1 atom stereocenters. The molecule has 0 fully saturated rings. The minimum Gasteiger partial charge on any atom is -0.330 e. The van der Waals surface area contributed by atoms with Crippen molar-refractivity contribution in [1.82, 2.24) is 5.32 Å². The molecule has 0 saturated carbocycles. The maximum Gasteiger partial charge on any atom is 0.00357 e. The summed E-state index contributed by atoms with van der Waals surface area (Å²) in [6.45, 7) is 7.32. The highest BCUT2D eigenvalue weighted by Crippen LogP contribution is 1.97. The van der Waals surface area contributed by atoms with E-state index in [9.17, 15) is 0 Å². The predicted molar refractivity (Wildman–Crippen MR) is 57.4 cm³/mol. The maximum atomic E-state index is 5.03. The van der Waals surface area contributed by atoms with Crippen molar-refractivity contribution in [2.75, 3.05) is 13.6 Å². The van der Waals surface area contributed by atoms with Crippen LogP contribution in [0.25, 0.3) is 0 Å². The van der Waals surface area contributed by atoms with E-state index < -0.39 is 0 Å². The molecule has 0 bridgehead atoms. The van der Waals surface area contributed by atoms with Gasteiger partial charge in [-0.15, -0.1) is 0 Å².